The molecule has 358 valence electrons. The lowest BCUT2D eigenvalue weighted by molar-refractivity contribution is 0.838. The predicted molar refractivity (Wildman–Crippen MR) is 308 cm³/mol. The van der Waals surface area contributed by atoms with Crippen LogP contribution in [0.3, 0.4) is 0 Å². The Balaban J connectivity index is 1.64. The molecule has 3 aromatic heterocycles. The Bertz CT molecular complexity index is 3060. The number of anilines is 2. The molecule has 0 radical (unpaired) electrons. The second kappa shape index (κ2) is 21.1. The van der Waals surface area contributed by atoms with Gasteiger partial charge in [0.25, 0.3) is 0 Å². The van der Waals surface area contributed by atoms with E-state index in [1.54, 1.807) is 0 Å². The van der Waals surface area contributed by atoms with Gasteiger partial charge in [-0.25, -0.2) is 9.97 Å². The molecule has 5 heterocycles. The van der Waals surface area contributed by atoms with E-state index in [-0.39, 0.29) is 0 Å². The van der Waals surface area contributed by atoms with E-state index >= 15 is 0 Å². The summed E-state index contributed by atoms with van der Waals surface area (Å²) in [6.07, 6.45) is 8.33. The third-order valence-electron chi connectivity index (χ3n) is 14.7. The summed E-state index contributed by atoms with van der Waals surface area (Å²) in [6, 6.07) is 25.2. The lowest BCUT2D eigenvalue weighted by atomic mass is 10.1. The fourth-order valence-corrected chi connectivity index (χ4v) is 21.3. The minimum Gasteiger partial charge on any atom is -0.378 e. The quantitative estimate of drug-likeness (QED) is 0.118. The Morgan fingerprint density at radius 2 is 0.643 bits per heavy atom. The monoisotopic (exact) mass is 957 g/mol. The summed E-state index contributed by atoms with van der Waals surface area (Å²) in [5.74, 6) is 21.8. The SMILES string of the molecule is CC(C)[Si](C#Cc1c2nc(c(C#Cc3ccc(N(C)C)cc3)c3nc(c(C#C[Si](C(C)C)(C(C)C)C(C)C)c4ccc([nH]4)c(C#Cc4ccc(N(C)C)cc4)c4ccc1[nH]4)C=C3)C=C2)(C(C)C)C(C)C. The van der Waals surface area contributed by atoms with Crippen LogP contribution in [0, 0.1) is 46.6 Å². The Hall–Kier alpha value is -6.69. The zero-order valence-corrected chi connectivity index (χ0v) is 46.5. The molecule has 2 aromatic carbocycles. The van der Waals surface area contributed by atoms with E-state index in [4.69, 9.17) is 9.97 Å². The predicted octanol–water partition coefficient (Wildman–Crippen LogP) is 14.7. The van der Waals surface area contributed by atoms with E-state index < -0.39 is 16.1 Å². The topological polar surface area (TPSA) is 63.8 Å². The third-order valence-corrected chi connectivity index (χ3v) is 27.3. The maximum Gasteiger partial charge on any atom is 0.146 e. The van der Waals surface area contributed by atoms with Crippen LogP contribution in [-0.2, 0) is 0 Å². The number of benzene rings is 2. The van der Waals surface area contributed by atoms with Gasteiger partial charge in [0.2, 0.25) is 0 Å². The van der Waals surface area contributed by atoms with Crippen LogP contribution in [0.4, 0.5) is 11.4 Å². The molecule has 0 amide bonds. The van der Waals surface area contributed by atoms with Gasteiger partial charge in [-0.2, -0.15) is 0 Å². The number of aromatic nitrogens is 4. The van der Waals surface area contributed by atoms with E-state index in [0.29, 0.717) is 33.2 Å². The molecule has 0 unspecified atom stereocenters. The summed E-state index contributed by atoms with van der Waals surface area (Å²) >= 11 is 0. The minimum absolute atomic E-state index is 0.462. The minimum atomic E-state index is -2.15. The molecule has 2 N–H and O–H groups in total. The van der Waals surface area contributed by atoms with Crippen molar-refractivity contribution in [1.82, 2.24) is 19.9 Å². The molecule has 2 aliphatic heterocycles. The fourth-order valence-electron chi connectivity index (χ4n) is 10.9. The van der Waals surface area contributed by atoms with Gasteiger partial charge in [0, 0.05) is 50.7 Å². The van der Waals surface area contributed by atoms with Gasteiger partial charge in [-0.1, -0.05) is 119 Å². The van der Waals surface area contributed by atoms with E-state index in [1.165, 1.54) is 0 Å². The van der Waals surface area contributed by atoms with Crippen molar-refractivity contribution in [3.8, 4) is 46.6 Å². The van der Waals surface area contributed by atoms with Crippen molar-refractivity contribution < 1.29 is 0 Å². The van der Waals surface area contributed by atoms with E-state index in [1.807, 2.05) is 14.1 Å². The average molecular weight is 957 g/mol. The number of hydrogen-bond donors (Lipinski definition) is 2. The highest BCUT2D eigenvalue weighted by Gasteiger charge is 2.43. The maximum atomic E-state index is 5.42. The molecule has 8 bridgehead atoms. The van der Waals surface area contributed by atoms with Crippen LogP contribution in [-0.4, -0.2) is 64.3 Å². The standard InChI is InChI=1S/C62H72N6Si2/c1-41(2)69(42(3)4,43(5)6)39-37-53-59-33-29-55(63-59)51(27-21-47-17-23-49(24-18-47)67(13)14)57-31-35-61(65-57)54(38-40-70(44(7)8,45(9)10)46(11)12)62-36-32-58(66-62)52(56-30-34-60(53)64-56)28-22-48-19-25-50(26-20-48)68(15)16/h17-20,23-26,29-36,41-46,63,65H,1-16H3. The molecule has 0 saturated carbocycles. The highest BCUT2D eigenvalue weighted by molar-refractivity contribution is 6.91. The van der Waals surface area contributed by atoms with Crippen LogP contribution in [0.5, 0.6) is 0 Å². The van der Waals surface area contributed by atoms with Crippen LogP contribution >= 0.6 is 0 Å². The highest BCUT2D eigenvalue weighted by atomic mass is 28.3. The summed E-state index contributed by atoms with van der Waals surface area (Å²) in [7, 11) is 3.89. The van der Waals surface area contributed by atoms with Gasteiger partial charge in [-0.05, 0) is 130 Å². The van der Waals surface area contributed by atoms with Gasteiger partial charge >= 0.3 is 0 Å². The van der Waals surface area contributed by atoms with Gasteiger partial charge in [0.05, 0.1) is 67.1 Å². The molecule has 0 aliphatic carbocycles. The Kier molecular flexibility index (Phi) is 15.4. The smallest absolute Gasteiger partial charge is 0.146 e. The first-order valence-electron chi connectivity index (χ1n) is 25.1. The molecule has 8 heteroatoms. The number of fused-ring (bicyclic) bond motifs is 8. The summed E-state index contributed by atoms with van der Waals surface area (Å²) in [5.41, 5.74) is 24.8. The number of nitrogens with one attached hydrogen (secondary N) is 2. The van der Waals surface area contributed by atoms with Crippen LogP contribution in [0.15, 0.2) is 72.8 Å². The molecule has 6 nitrogen and oxygen atoms in total. The number of aromatic amines is 2. The number of H-pyrrole nitrogens is 2. The second-order valence-electron chi connectivity index (χ2n) is 21.2. The van der Waals surface area contributed by atoms with Crippen molar-refractivity contribution in [3.63, 3.8) is 0 Å². The van der Waals surface area contributed by atoms with E-state index in [0.717, 1.165) is 89.6 Å². The highest BCUT2D eigenvalue weighted by Crippen LogP contribution is 2.42. The normalized spacial score (nSPS) is 12.2. The zero-order valence-electron chi connectivity index (χ0n) is 44.5. The summed E-state index contributed by atoms with van der Waals surface area (Å²) in [4.78, 5) is 22.7. The summed E-state index contributed by atoms with van der Waals surface area (Å²) < 4.78 is 0. The molecule has 0 atom stereocenters. The van der Waals surface area contributed by atoms with E-state index in [2.05, 4.69) is 261 Å². The first-order chi connectivity index (χ1) is 33.3. The number of rotatable bonds is 8. The molecule has 0 saturated heterocycles. The Morgan fingerprint density at radius 1 is 0.357 bits per heavy atom. The van der Waals surface area contributed by atoms with Gasteiger partial charge < -0.3 is 19.8 Å². The molecule has 0 fully saturated rings. The van der Waals surface area contributed by atoms with Gasteiger partial charge in [0.1, 0.15) is 16.1 Å². The second-order valence-corrected chi connectivity index (χ2v) is 32.3. The summed E-state index contributed by atoms with van der Waals surface area (Å²) in [5, 5.41) is 0. The van der Waals surface area contributed by atoms with Crippen molar-refractivity contribution in [3.05, 3.63) is 129 Å². The lowest BCUT2D eigenvalue weighted by Crippen LogP contribution is -2.43. The summed E-state index contributed by atoms with van der Waals surface area (Å²) in [6.45, 7) is 28.3. The van der Waals surface area contributed by atoms with Crippen LogP contribution in [0.25, 0.3) is 46.4 Å². The van der Waals surface area contributed by atoms with Gasteiger partial charge in [-0.3, -0.25) is 0 Å². The molecule has 5 aromatic rings. The van der Waals surface area contributed by atoms with Crippen LogP contribution in [0.2, 0.25) is 33.2 Å². The van der Waals surface area contributed by atoms with Crippen molar-refractivity contribution in [2.24, 2.45) is 0 Å². The van der Waals surface area contributed by atoms with Crippen LogP contribution < -0.4 is 9.80 Å². The molecular weight excluding hydrogens is 885 g/mol. The maximum absolute atomic E-state index is 5.42. The van der Waals surface area contributed by atoms with E-state index in [9.17, 15) is 0 Å². The van der Waals surface area contributed by atoms with Crippen molar-refractivity contribution in [2.45, 2.75) is 116 Å². The number of hydrogen-bond acceptors (Lipinski definition) is 4. The van der Waals surface area contributed by atoms with Crippen molar-refractivity contribution in [1.29, 1.82) is 0 Å². The van der Waals surface area contributed by atoms with Crippen molar-refractivity contribution >= 4 is 73.9 Å². The van der Waals surface area contributed by atoms with Crippen molar-refractivity contribution in [2.75, 3.05) is 38.0 Å². The fraction of sp³-hybridized carbons (Fsp3) is 0.355. The molecule has 2 aliphatic rings. The lowest BCUT2D eigenvalue weighted by Gasteiger charge is -2.38. The molecule has 0 spiro atoms. The Labute approximate surface area is 421 Å². The molecular formula is C62H72N6Si2. The third kappa shape index (κ3) is 10.3. The molecule has 70 heavy (non-hydrogen) atoms. The van der Waals surface area contributed by atoms with Gasteiger partial charge in [0.15, 0.2) is 0 Å². The first-order valence-corrected chi connectivity index (χ1v) is 29.5. The Morgan fingerprint density at radius 3 is 0.943 bits per heavy atom. The average Bonchev–Trinajstić information content (AvgIpc) is 4.16. The zero-order chi connectivity index (χ0) is 50.7. The molecule has 7 rings (SSSR count). The number of nitrogens with zero attached hydrogens (tertiary/aromatic N) is 4. The first kappa shape index (κ1) is 51.2. The van der Waals surface area contributed by atoms with Crippen LogP contribution in [0.1, 0.15) is 139 Å². The largest absolute Gasteiger partial charge is 0.378 e. The van der Waals surface area contributed by atoms with Gasteiger partial charge in [-0.15, -0.1) is 11.1 Å².